The van der Waals surface area contributed by atoms with E-state index < -0.39 is 48.2 Å². The van der Waals surface area contributed by atoms with Crippen LogP contribution in [0.1, 0.15) is 19.3 Å². The van der Waals surface area contributed by atoms with Crippen LogP contribution in [0.2, 0.25) is 0 Å². The molecule has 3 atom stereocenters. The lowest BCUT2D eigenvalue weighted by Crippen LogP contribution is -2.53. The highest BCUT2D eigenvalue weighted by atomic mass is 32.2. The Morgan fingerprint density at radius 2 is 1.51 bits per heavy atom. The summed E-state index contributed by atoms with van der Waals surface area (Å²) in [6.07, 6.45) is -2.37. The average Bonchev–Trinajstić information content (AvgIpc) is 2.98. The Balaban J connectivity index is 4.35. The average molecular weight is 642 g/mol. The van der Waals surface area contributed by atoms with E-state index in [9.17, 15) is 33.9 Å². The summed E-state index contributed by atoms with van der Waals surface area (Å²) in [5, 5.41) is 16.7. The summed E-state index contributed by atoms with van der Waals surface area (Å²) in [4.78, 5) is 69.6. The SMILES string of the molecule is COC(=O)OCC[C@H](CSC[C@H](N)C(=O)N[C@@H](CCO)C(=O)NCCOCCOCCC(=O)NCC(N)=O)OC(=O)OC. The number of hydrogen-bond acceptors (Lipinski definition) is 15. The van der Waals surface area contributed by atoms with Crippen molar-refractivity contribution in [2.75, 3.05) is 78.5 Å². The molecule has 4 amide bonds. The molecule has 248 valence electrons. The zero-order chi connectivity index (χ0) is 32.5. The van der Waals surface area contributed by atoms with Gasteiger partial charge in [0.2, 0.25) is 23.6 Å². The number of aliphatic hydroxyl groups is 1. The first-order valence-electron chi connectivity index (χ1n) is 13.2. The third-order valence-electron chi connectivity index (χ3n) is 5.10. The van der Waals surface area contributed by atoms with Crippen LogP contribution in [0.4, 0.5) is 9.59 Å². The summed E-state index contributed by atoms with van der Waals surface area (Å²) >= 11 is 1.19. The van der Waals surface area contributed by atoms with E-state index >= 15 is 0 Å². The van der Waals surface area contributed by atoms with Gasteiger partial charge in [-0.1, -0.05) is 0 Å². The molecule has 0 aromatic carbocycles. The van der Waals surface area contributed by atoms with Crippen LogP contribution in [0.25, 0.3) is 0 Å². The number of carbonyl (C=O) groups is 6. The maximum atomic E-state index is 12.6. The number of hydrogen-bond donors (Lipinski definition) is 6. The van der Waals surface area contributed by atoms with Crippen molar-refractivity contribution in [1.29, 1.82) is 0 Å². The fraction of sp³-hybridized carbons (Fsp3) is 0.750. The van der Waals surface area contributed by atoms with Gasteiger partial charge >= 0.3 is 12.3 Å². The lowest BCUT2D eigenvalue weighted by Gasteiger charge is -2.21. The maximum Gasteiger partial charge on any atom is 0.508 e. The van der Waals surface area contributed by atoms with Crippen molar-refractivity contribution in [2.24, 2.45) is 11.5 Å². The molecule has 0 radical (unpaired) electrons. The molecule has 0 heterocycles. The molecule has 0 aromatic heterocycles. The van der Waals surface area contributed by atoms with E-state index in [2.05, 4.69) is 25.4 Å². The summed E-state index contributed by atoms with van der Waals surface area (Å²) in [7, 11) is 2.30. The van der Waals surface area contributed by atoms with Crippen molar-refractivity contribution in [3.8, 4) is 0 Å². The number of methoxy groups -OCH3 is 2. The van der Waals surface area contributed by atoms with E-state index in [4.69, 9.17) is 30.4 Å². The van der Waals surface area contributed by atoms with Gasteiger partial charge in [-0.2, -0.15) is 11.8 Å². The predicted molar refractivity (Wildman–Crippen MR) is 151 cm³/mol. The third-order valence-corrected chi connectivity index (χ3v) is 6.30. The Hall–Kier alpha value is -3.39. The van der Waals surface area contributed by atoms with Crippen molar-refractivity contribution in [1.82, 2.24) is 16.0 Å². The molecule has 0 saturated carbocycles. The van der Waals surface area contributed by atoms with Gasteiger partial charge < -0.3 is 60.9 Å². The zero-order valence-electron chi connectivity index (χ0n) is 24.3. The Labute approximate surface area is 253 Å². The first-order valence-corrected chi connectivity index (χ1v) is 14.4. The molecular weight excluding hydrogens is 598 g/mol. The van der Waals surface area contributed by atoms with Gasteiger partial charge in [0.25, 0.3) is 0 Å². The van der Waals surface area contributed by atoms with Crippen LogP contribution in [0.15, 0.2) is 0 Å². The molecule has 0 aliphatic heterocycles. The fourth-order valence-corrected chi connectivity index (χ4v) is 3.94. The lowest BCUT2D eigenvalue weighted by atomic mass is 10.2. The third kappa shape index (κ3) is 21.9. The molecule has 0 saturated heterocycles. The van der Waals surface area contributed by atoms with Crippen molar-refractivity contribution in [2.45, 2.75) is 37.5 Å². The molecule has 0 fully saturated rings. The summed E-state index contributed by atoms with van der Waals surface area (Å²) in [6, 6.07) is -2.06. The minimum absolute atomic E-state index is 0.0472. The van der Waals surface area contributed by atoms with Crippen LogP contribution >= 0.6 is 11.8 Å². The summed E-state index contributed by atoms with van der Waals surface area (Å²) in [6.45, 7) is 0.103. The Morgan fingerprint density at radius 3 is 2.14 bits per heavy atom. The number of ether oxygens (including phenoxy) is 6. The molecule has 0 aliphatic carbocycles. The molecule has 0 spiro atoms. The number of nitrogens with one attached hydrogen (secondary N) is 3. The van der Waals surface area contributed by atoms with Gasteiger partial charge in [-0.25, -0.2) is 9.59 Å². The van der Waals surface area contributed by atoms with Gasteiger partial charge in [0.1, 0.15) is 12.1 Å². The highest BCUT2D eigenvalue weighted by Crippen LogP contribution is 2.12. The molecule has 43 heavy (non-hydrogen) atoms. The van der Waals surface area contributed by atoms with Crippen LogP contribution in [0.3, 0.4) is 0 Å². The zero-order valence-corrected chi connectivity index (χ0v) is 25.2. The number of thioether (sulfide) groups is 1. The van der Waals surface area contributed by atoms with E-state index in [0.717, 1.165) is 14.2 Å². The number of carbonyl (C=O) groups excluding carboxylic acids is 6. The summed E-state index contributed by atoms with van der Waals surface area (Å²) in [5.41, 5.74) is 10.9. The minimum atomic E-state index is -1.04. The molecule has 8 N–H and O–H groups in total. The topological polar surface area (TPSA) is 266 Å². The van der Waals surface area contributed by atoms with E-state index in [-0.39, 0.29) is 89.4 Å². The predicted octanol–water partition coefficient (Wildman–Crippen LogP) is -2.62. The number of aliphatic hydroxyl groups excluding tert-OH is 1. The van der Waals surface area contributed by atoms with Crippen LogP contribution in [-0.2, 0) is 47.6 Å². The molecule has 18 nitrogen and oxygen atoms in total. The summed E-state index contributed by atoms with van der Waals surface area (Å²) in [5.74, 6) is -1.87. The fourth-order valence-electron chi connectivity index (χ4n) is 2.90. The Morgan fingerprint density at radius 1 is 0.837 bits per heavy atom. The lowest BCUT2D eigenvalue weighted by molar-refractivity contribution is -0.129. The molecule has 19 heteroatoms. The van der Waals surface area contributed by atoms with E-state index in [1.807, 2.05) is 0 Å². The molecule has 0 unspecified atom stereocenters. The van der Waals surface area contributed by atoms with E-state index in [1.165, 1.54) is 11.8 Å². The molecule has 0 aromatic rings. The maximum absolute atomic E-state index is 12.6. The van der Waals surface area contributed by atoms with Crippen molar-refractivity contribution in [3.63, 3.8) is 0 Å². The van der Waals surface area contributed by atoms with Crippen LogP contribution in [0, 0.1) is 0 Å². The number of rotatable bonds is 24. The summed E-state index contributed by atoms with van der Waals surface area (Å²) < 4.78 is 29.3. The second-order valence-corrected chi connectivity index (χ2v) is 9.59. The second kappa shape index (κ2) is 25.1. The monoisotopic (exact) mass is 641 g/mol. The Kier molecular flexibility index (Phi) is 23.2. The van der Waals surface area contributed by atoms with Gasteiger partial charge in [0, 0.05) is 37.5 Å². The molecule has 0 aliphatic rings. The molecule has 0 rings (SSSR count). The van der Waals surface area contributed by atoms with E-state index in [1.54, 1.807) is 0 Å². The van der Waals surface area contributed by atoms with Gasteiger partial charge in [-0.3, -0.25) is 19.2 Å². The van der Waals surface area contributed by atoms with Crippen LogP contribution < -0.4 is 27.4 Å². The van der Waals surface area contributed by atoms with Gasteiger partial charge in [0.05, 0.1) is 59.8 Å². The van der Waals surface area contributed by atoms with E-state index in [0.29, 0.717) is 0 Å². The highest BCUT2D eigenvalue weighted by molar-refractivity contribution is 7.99. The first-order chi connectivity index (χ1) is 20.5. The number of primary amides is 1. The second-order valence-electron chi connectivity index (χ2n) is 8.51. The first kappa shape index (κ1) is 39.6. The Bertz CT molecular complexity index is 867. The smallest absolute Gasteiger partial charge is 0.438 e. The van der Waals surface area contributed by atoms with Gasteiger partial charge in [-0.15, -0.1) is 0 Å². The van der Waals surface area contributed by atoms with Gasteiger partial charge in [-0.05, 0) is 6.42 Å². The van der Waals surface area contributed by atoms with Crippen molar-refractivity contribution in [3.05, 3.63) is 0 Å². The quantitative estimate of drug-likeness (QED) is 0.0465. The standard InChI is InChI=1S/C24H43N5O13S/c1-37-23(35)41-9-4-16(42-24(36)38-2)14-43-15-17(25)21(33)29-18(3-7-30)22(34)27-6-10-40-12-11-39-8-5-20(32)28-13-19(26)31/h16-18,30H,3-15,25H2,1-2H3,(H2,26,31)(H,27,34)(H,28,32)(H,29,33)/t16-,17+,18+/m1/s1. The van der Waals surface area contributed by atoms with Crippen LogP contribution in [-0.4, -0.2) is 138 Å². The van der Waals surface area contributed by atoms with Crippen molar-refractivity contribution < 1.29 is 62.3 Å². The van der Waals surface area contributed by atoms with Gasteiger partial charge in [0.15, 0.2) is 0 Å². The number of amides is 4. The largest absolute Gasteiger partial charge is 0.508 e. The van der Waals surface area contributed by atoms with Crippen molar-refractivity contribution >= 4 is 47.7 Å². The highest BCUT2D eigenvalue weighted by Gasteiger charge is 2.24. The molecular formula is C24H43N5O13S. The van der Waals surface area contributed by atoms with Crippen LogP contribution in [0.5, 0.6) is 0 Å². The molecule has 0 bridgehead atoms. The normalized spacial score (nSPS) is 12.7. The number of nitrogens with two attached hydrogens (primary N) is 2. The minimum Gasteiger partial charge on any atom is -0.438 e.